The van der Waals surface area contributed by atoms with Gasteiger partial charge in [0.05, 0.1) is 0 Å². The van der Waals surface area contributed by atoms with Crippen LogP contribution in [0.5, 0.6) is 0 Å². The minimum absolute atomic E-state index is 0.251. The van der Waals surface area contributed by atoms with Crippen LogP contribution in [-0.2, 0) is 19.6 Å². The quantitative estimate of drug-likeness (QED) is 0.434. The Kier molecular flexibility index (Phi) is 4.14. The summed E-state index contributed by atoms with van der Waals surface area (Å²) >= 11 is 0. The first-order valence-electron chi connectivity index (χ1n) is 3.27. The molecule has 0 bridgehead atoms. The Balaban J connectivity index is 4.74. The first-order chi connectivity index (χ1) is 6.16. The van der Waals surface area contributed by atoms with E-state index in [1.165, 1.54) is 0 Å². The van der Waals surface area contributed by atoms with E-state index in [0.717, 1.165) is 6.92 Å². The van der Waals surface area contributed by atoms with Crippen LogP contribution in [0.2, 0.25) is 0 Å². The van der Waals surface area contributed by atoms with Gasteiger partial charge in [-0.05, 0) is 6.92 Å². The van der Waals surface area contributed by atoms with Gasteiger partial charge in [0, 0.05) is 5.57 Å². The second kappa shape index (κ2) is 4.47. The smallest absolute Gasteiger partial charge is 0.334 e. The summed E-state index contributed by atoms with van der Waals surface area (Å²) in [6, 6.07) is 0. The van der Waals surface area contributed by atoms with Crippen LogP contribution in [0.1, 0.15) is 6.92 Å². The summed E-state index contributed by atoms with van der Waals surface area (Å²) in [6.45, 7) is 4.20. The molecule has 0 rings (SSSR count). The molecule has 1 atom stereocenters. The third-order valence-electron chi connectivity index (χ3n) is 1.07. The molecule has 0 fully saturated rings. The van der Waals surface area contributed by atoms with Crippen molar-refractivity contribution in [2.24, 2.45) is 0 Å². The van der Waals surface area contributed by atoms with Gasteiger partial charge in [0.25, 0.3) is 11.9 Å². The fraction of sp³-hybridized carbons (Fsp3) is 0.500. The van der Waals surface area contributed by atoms with Gasteiger partial charge < -0.3 is 4.74 Å². The Morgan fingerprint density at radius 2 is 1.93 bits per heavy atom. The number of halogens is 2. The topological polar surface area (TPSA) is 80.7 Å². The van der Waals surface area contributed by atoms with E-state index in [4.69, 9.17) is 4.55 Å². The largest absolute Gasteiger partial charge is 0.434 e. The zero-order chi connectivity index (χ0) is 11.5. The highest BCUT2D eigenvalue weighted by Crippen LogP contribution is 2.13. The lowest BCUT2D eigenvalue weighted by Crippen LogP contribution is -2.33. The average Bonchev–Trinajstić information content (AvgIpc) is 1.96. The van der Waals surface area contributed by atoms with E-state index in [2.05, 4.69) is 11.3 Å². The molecule has 0 amide bonds. The van der Waals surface area contributed by atoms with Crippen molar-refractivity contribution in [2.45, 2.75) is 18.8 Å². The van der Waals surface area contributed by atoms with Crippen LogP contribution in [0.15, 0.2) is 12.2 Å². The van der Waals surface area contributed by atoms with E-state index >= 15 is 0 Å². The summed E-state index contributed by atoms with van der Waals surface area (Å²) in [4.78, 5) is 10.7. The number of esters is 1. The van der Waals surface area contributed by atoms with Crippen molar-refractivity contribution in [1.29, 1.82) is 0 Å². The highest BCUT2D eigenvalue weighted by molar-refractivity contribution is 7.86. The number of carbonyl (C=O) groups is 1. The zero-order valence-electron chi connectivity index (χ0n) is 7.11. The number of rotatable bonds is 4. The Hall–Kier alpha value is -1.02. The molecule has 0 aliphatic rings. The van der Waals surface area contributed by atoms with Gasteiger partial charge in [-0.25, -0.2) is 13.6 Å². The molecule has 0 aliphatic heterocycles. The molecule has 0 aromatic rings. The number of hydrogen-bond donors (Lipinski definition) is 1. The molecular formula is C6H8F2O5S. The molecule has 0 radical (unpaired) electrons. The number of alkyl halides is 2. The summed E-state index contributed by atoms with van der Waals surface area (Å²) in [7, 11) is -5.13. The van der Waals surface area contributed by atoms with Crippen molar-refractivity contribution in [1.82, 2.24) is 0 Å². The molecule has 0 aromatic heterocycles. The van der Waals surface area contributed by atoms with E-state index < -0.39 is 27.9 Å². The van der Waals surface area contributed by atoms with Crippen molar-refractivity contribution >= 4 is 16.1 Å². The Labute approximate surface area is 79.1 Å². The SMILES string of the molecule is C=C(C)C(=O)OC(C(F)F)S(=O)(=O)O. The van der Waals surface area contributed by atoms with Gasteiger partial charge in [0.1, 0.15) is 0 Å². The lowest BCUT2D eigenvalue weighted by atomic mass is 10.4. The van der Waals surface area contributed by atoms with Crippen LogP contribution in [0.25, 0.3) is 0 Å². The van der Waals surface area contributed by atoms with Crippen LogP contribution in [0, 0.1) is 0 Å². The van der Waals surface area contributed by atoms with Crippen LogP contribution in [0.3, 0.4) is 0 Å². The Bertz CT molecular complexity index is 334. The minimum Gasteiger partial charge on any atom is -0.434 e. The van der Waals surface area contributed by atoms with Gasteiger partial charge in [-0.15, -0.1) is 0 Å². The van der Waals surface area contributed by atoms with Gasteiger partial charge in [-0.2, -0.15) is 8.42 Å². The standard InChI is InChI=1S/C6H8F2O5S/c1-3(2)5(9)13-6(4(7)8)14(10,11)12/h4,6H,1H2,2H3,(H,10,11,12). The van der Waals surface area contributed by atoms with E-state index in [1.807, 2.05) is 0 Å². The van der Waals surface area contributed by atoms with Crippen molar-refractivity contribution < 1.29 is 31.3 Å². The second-order valence-electron chi connectivity index (χ2n) is 2.40. The van der Waals surface area contributed by atoms with Crippen LogP contribution in [-0.4, -0.2) is 30.8 Å². The third kappa shape index (κ3) is 3.79. The first kappa shape index (κ1) is 13.0. The molecule has 82 valence electrons. The molecular weight excluding hydrogens is 222 g/mol. The summed E-state index contributed by atoms with van der Waals surface area (Å²) in [6.07, 6.45) is -3.52. The number of ether oxygens (including phenoxy) is 1. The van der Waals surface area contributed by atoms with Gasteiger partial charge in [0.15, 0.2) is 0 Å². The monoisotopic (exact) mass is 230 g/mol. The van der Waals surface area contributed by atoms with E-state index in [1.54, 1.807) is 0 Å². The molecule has 0 saturated heterocycles. The van der Waals surface area contributed by atoms with E-state index in [9.17, 15) is 22.0 Å². The summed E-state index contributed by atoms with van der Waals surface area (Å²) < 4.78 is 56.6. The molecule has 0 spiro atoms. The lowest BCUT2D eigenvalue weighted by Gasteiger charge is -2.13. The fourth-order valence-electron chi connectivity index (χ4n) is 0.448. The maximum Gasteiger partial charge on any atom is 0.334 e. The minimum atomic E-state index is -5.13. The highest BCUT2D eigenvalue weighted by Gasteiger charge is 2.36. The Morgan fingerprint density at radius 1 is 1.50 bits per heavy atom. The van der Waals surface area contributed by atoms with Crippen LogP contribution in [0.4, 0.5) is 8.78 Å². The molecule has 5 nitrogen and oxygen atoms in total. The molecule has 0 aliphatic carbocycles. The third-order valence-corrected chi connectivity index (χ3v) is 1.96. The molecule has 14 heavy (non-hydrogen) atoms. The highest BCUT2D eigenvalue weighted by atomic mass is 32.2. The van der Waals surface area contributed by atoms with Gasteiger partial charge >= 0.3 is 16.1 Å². The predicted octanol–water partition coefficient (Wildman–Crippen LogP) is 0.585. The second-order valence-corrected chi connectivity index (χ2v) is 3.90. The number of carbonyl (C=O) groups excluding carboxylic acids is 1. The van der Waals surface area contributed by atoms with Gasteiger partial charge in [-0.3, -0.25) is 4.55 Å². The maximum absolute atomic E-state index is 12.0. The van der Waals surface area contributed by atoms with E-state index in [-0.39, 0.29) is 5.57 Å². The van der Waals surface area contributed by atoms with E-state index in [0.29, 0.717) is 0 Å². The van der Waals surface area contributed by atoms with Crippen molar-refractivity contribution in [3.05, 3.63) is 12.2 Å². The molecule has 0 saturated carbocycles. The first-order valence-corrected chi connectivity index (χ1v) is 4.77. The normalized spacial score (nSPS) is 13.8. The zero-order valence-corrected chi connectivity index (χ0v) is 7.92. The Morgan fingerprint density at radius 3 is 2.14 bits per heavy atom. The van der Waals surface area contributed by atoms with Crippen molar-refractivity contribution in [3.8, 4) is 0 Å². The van der Waals surface area contributed by atoms with Gasteiger partial charge in [0.2, 0.25) is 0 Å². The molecule has 8 heteroatoms. The lowest BCUT2D eigenvalue weighted by molar-refractivity contribution is -0.146. The number of hydrogen-bond acceptors (Lipinski definition) is 4. The van der Waals surface area contributed by atoms with Crippen LogP contribution >= 0.6 is 0 Å². The van der Waals surface area contributed by atoms with Gasteiger partial charge in [-0.1, -0.05) is 6.58 Å². The average molecular weight is 230 g/mol. The fourth-order valence-corrected chi connectivity index (χ4v) is 0.917. The molecule has 0 aromatic carbocycles. The summed E-state index contributed by atoms with van der Waals surface area (Å²) in [5, 5.41) is 0. The molecule has 1 unspecified atom stereocenters. The molecule has 1 N–H and O–H groups in total. The summed E-state index contributed by atoms with van der Waals surface area (Å²) in [5.41, 5.74) is -3.12. The predicted molar refractivity (Wildman–Crippen MR) is 42.2 cm³/mol. The van der Waals surface area contributed by atoms with Crippen molar-refractivity contribution in [3.63, 3.8) is 0 Å². The van der Waals surface area contributed by atoms with Crippen LogP contribution < -0.4 is 0 Å². The summed E-state index contributed by atoms with van der Waals surface area (Å²) in [5.74, 6) is -1.31. The maximum atomic E-state index is 12.0. The van der Waals surface area contributed by atoms with Crippen molar-refractivity contribution in [2.75, 3.05) is 0 Å². The molecule has 0 heterocycles.